The van der Waals surface area contributed by atoms with Crippen molar-refractivity contribution in [3.8, 4) is 0 Å². The molecule has 0 N–H and O–H groups in total. The normalized spacial score (nSPS) is 40.8. The topological polar surface area (TPSA) is 34.1 Å². The summed E-state index contributed by atoms with van der Waals surface area (Å²) in [4.78, 5) is 24.4. The zero-order valence-electron chi connectivity index (χ0n) is 11.6. The Labute approximate surface area is 104 Å². The fourth-order valence-electron chi connectivity index (χ4n) is 5.03. The lowest BCUT2D eigenvalue weighted by Gasteiger charge is -2.61. The molecule has 2 rings (SSSR count). The summed E-state index contributed by atoms with van der Waals surface area (Å²) in [5.41, 5.74) is -0.550. The molecule has 2 atom stereocenters. The summed E-state index contributed by atoms with van der Waals surface area (Å²) in [6.45, 7) is 8.15. The molecule has 0 unspecified atom stereocenters. The Balaban J connectivity index is 2.57. The van der Waals surface area contributed by atoms with Gasteiger partial charge in [0.05, 0.1) is 0 Å². The number of rotatable bonds is 1. The molecule has 2 nitrogen and oxygen atoms in total. The van der Waals surface area contributed by atoms with Gasteiger partial charge >= 0.3 is 0 Å². The third-order valence-corrected chi connectivity index (χ3v) is 5.54. The summed E-state index contributed by atoms with van der Waals surface area (Å²) in [5, 5.41) is 0. The lowest BCUT2D eigenvalue weighted by molar-refractivity contribution is -0.171. The van der Waals surface area contributed by atoms with E-state index in [4.69, 9.17) is 0 Å². The van der Waals surface area contributed by atoms with Crippen LogP contribution in [0.4, 0.5) is 0 Å². The first kappa shape index (κ1) is 12.8. The highest BCUT2D eigenvalue weighted by molar-refractivity contribution is 5.90. The third-order valence-electron chi connectivity index (χ3n) is 5.54. The Hall–Kier alpha value is -0.660. The lowest BCUT2D eigenvalue weighted by Crippen LogP contribution is -2.60. The number of hydrogen-bond donors (Lipinski definition) is 0. The van der Waals surface area contributed by atoms with Crippen LogP contribution in [-0.4, -0.2) is 11.6 Å². The van der Waals surface area contributed by atoms with E-state index >= 15 is 0 Å². The van der Waals surface area contributed by atoms with E-state index in [0.717, 1.165) is 25.7 Å². The zero-order chi connectivity index (χ0) is 12.9. The third kappa shape index (κ3) is 1.52. The second-order valence-electron chi connectivity index (χ2n) is 7.01. The number of carbonyl (C=O) groups excluding carboxylic acids is 2. The molecule has 0 aromatic heterocycles. The smallest absolute Gasteiger partial charge is 0.137 e. The number of Topliss-reactive ketones (excluding diaryl/α,β-unsaturated/α-hetero) is 2. The average molecular weight is 236 g/mol. The largest absolute Gasteiger partial charge is 0.300 e. The van der Waals surface area contributed by atoms with Gasteiger partial charge in [0.25, 0.3) is 0 Å². The Morgan fingerprint density at radius 2 is 1.65 bits per heavy atom. The van der Waals surface area contributed by atoms with Gasteiger partial charge in [-0.2, -0.15) is 0 Å². The molecule has 0 heterocycles. The monoisotopic (exact) mass is 236 g/mol. The fourth-order valence-corrected chi connectivity index (χ4v) is 5.03. The Morgan fingerprint density at radius 1 is 1.06 bits per heavy atom. The van der Waals surface area contributed by atoms with E-state index in [1.165, 1.54) is 0 Å². The first-order chi connectivity index (χ1) is 7.75. The van der Waals surface area contributed by atoms with Crippen LogP contribution in [0.15, 0.2) is 0 Å². The fraction of sp³-hybridized carbons (Fsp3) is 0.867. The van der Waals surface area contributed by atoms with E-state index in [1.54, 1.807) is 6.92 Å². The van der Waals surface area contributed by atoms with E-state index in [1.807, 2.05) is 0 Å². The van der Waals surface area contributed by atoms with Crippen molar-refractivity contribution in [2.45, 2.75) is 66.2 Å². The van der Waals surface area contributed by atoms with Crippen LogP contribution in [0.1, 0.15) is 66.2 Å². The molecule has 2 heteroatoms. The Kier molecular flexibility index (Phi) is 2.76. The summed E-state index contributed by atoms with van der Waals surface area (Å²) in [7, 11) is 0. The predicted molar refractivity (Wildman–Crippen MR) is 67.7 cm³/mol. The van der Waals surface area contributed by atoms with E-state index < -0.39 is 0 Å². The van der Waals surface area contributed by atoms with Crippen LogP contribution in [0, 0.1) is 16.2 Å². The van der Waals surface area contributed by atoms with Crippen LogP contribution >= 0.6 is 0 Å². The molecule has 96 valence electrons. The highest BCUT2D eigenvalue weighted by atomic mass is 16.1. The van der Waals surface area contributed by atoms with E-state index in [2.05, 4.69) is 20.8 Å². The van der Waals surface area contributed by atoms with Crippen LogP contribution in [0.25, 0.3) is 0 Å². The number of carbonyl (C=O) groups is 2. The van der Waals surface area contributed by atoms with Gasteiger partial charge in [0.15, 0.2) is 0 Å². The van der Waals surface area contributed by atoms with Crippen molar-refractivity contribution in [1.29, 1.82) is 0 Å². The molecule has 0 aromatic carbocycles. The average Bonchev–Trinajstić information content (AvgIpc) is 2.13. The van der Waals surface area contributed by atoms with Gasteiger partial charge in [-0.25, -0.2) is 0 Å². The van der Waals surface area contributed by atoms with Crippen LogP contribution in [0.2, 0.25) is 0 Å². The molecule has 0 amide bonds. The summed E-state index contributed by atoms with van der Waals surface area (Å²) in [6.07, 6.45) is 5.47. The molecule has 2 saturated carbocycles. The highest BCUT2D eigenvalue weighted by Gasteiger charge is 2.63. The van der Waals surface area contributed by atoms with Gasteiger partial charge < -0.3 is 0 Å². The van der Waals surface area contributed by atoms with Gasteiger partial charge in [-0.05, 0) is 30.6 Å². The van der Waals surface area contributed by atoms with Crippen molar-refractivity contribution >= 4 is 11.6 Å². The molecular weight excluding hydrogens is 212 g/mol. The van der Waals surface area contributed by atoms with Crippen molar-refractivity contribution in [3.05, 3.63) is 0 Å². The maximum absolute atomic E-state index is 12.4. The van der Waals surface area contributed by atoms with Crippen molar-refractivity contribution < 1.29 is 9.59 Å². The molecule has 0 bridgehead atoms. The molecule has 2 aliphatic carbocycles. The van der Waals surface area contributed by atoms with Crippen molar-refractivity contribution in [3.63, 3.8) is 0 Å². The zero-order valence-corrected chi connectivity index (χ0v) is 11.6. The lowest BCUT2D eigenvalue weighted by atomic mass is 9.41. The minimum Gasteiger partial charge on any atom is -0.300 e. The van der Waals surface area contributed by atoms with E-state index in [-0.39, 0.29) is 16.2 Å². The molecule has 0 aromatic rings. The van der Waals surface area contributed by atoms with Gasteiger partial charge in [-0.1, -0.05) is 33.6 Å². The first-order valence-corrected chi connectivity index (χ1v) is 6.78. The SMILES string of the molecule is CC(=O)[C@]12CCCC[C@@]1(C)CC(=O)CC2(C)C. The Morgan fingerprint density at radius 3 is 2.24 bits per heavy atom. The maximum Gasteiger partial charge on any atom is 0.137 e. The van der Waals surface area contributed by atoms with Crippen LogP contribution in [0.3, 0.4) is 0 Å². The second-order valence-corrected chi connectivity index (χ2v) is 7.01. The number of fused-ring (bicyclic) bond motifs is 1. The first-order valence-electron chi connectivity index (χ1n) is 6.78. The van der Waals surface area contributed by atoms with E-state index in [9.17, 15) is 9.59 Å². The molecule has 0 aliphatic heterocycles. The molecule has 0 radical (unpaired) electrons. The van der Waals surface area contributed by atoms with Gasteiger partial charge in [0.2, 0.25) is 0 Å². The Bertz CT molecular complexity index is 369. The maximum atomic E-state index is 12.4. The predicted octanol–water partition coefficient (Wildman–Crippen LogP) is 3.53. The summed E-state index contributed by atoms with van der Waals surface area (Å²) in [6, 6.07) is 0. The number of ketones is 2. The van der Waals surface area contributed by atoms with Crippen molar-refractivity contribution in [1.82, 2.24) is 0 Å². The van der Waals surface area contributed by atoms with Crippen molar-refractivity contribution in [2.75, 3.05) is 0 Å². The van der Waals surface area contributed by atoms with Crippen LogP contribution < -0.4 is 0 Å². The standard InChI is InChI=1S/C15H24O2/c1-11(16)15-8-6-5-7-14(15,4)10-12(17)9-13(15,2)3/h5-10H2,1-4H3/t14-,15-/m0/s1. The van der Waals surface area contributed by atoms with Crippen molar-refractivity contribution in [2.24, 2.45) is 16.2 Å². The van der Waals surface area contributed by atoms with Gasteiger partial charge in [0.1, 0.15) is 11.6 Å². The molecular formula is C15H24O2. The van der Waals surface area contributed by atoms with E-state index in [0.29, 0.717) is 24.4 Å². The molecule has 2 aliphatic rings. The summed E-state index contributed by atoms with van der Waals surface area (Å²) in [5.74, 6) is 0.647. The molecule has 2 fully saturated rings. The number of hydrogen-bond acceptors (Lipinski definition) is 2. The molecule has 0 saturated heterocycles. The highest BCUT2D eigenvalue weighted by Crippen LogP contribution is 2.65. The summed E-state index contributed by atoms with van der Waals surface area (Å²) >= 11 is 0. The minimum atomic E-state index is -0.272. The molecule has 17 heavy (non-hydrogen) atoms. The minimum absolute atomic E-state index is 0.101. The second kappa shape index (κ2) is 3.66. The quantitative estimate of drug-likeness (QED) is 0.698. The van der Waals surface area contributed by atoms with Crippen LogP contribution in [-0.2, 0) is 9.59 Å². The molecule has 0 spiro atoms. The van der Waals surface area contributed by atoms with Gasteiger partial charge in [-0.3, -0.25) is 9.59 Å². The summed E-state index contributed by atoms with van der Waals surface area (Å²) < 4.78 is 0. The van der Waals surface area contributed by atoms with Gasteiger partial charge in [-0.15, -0.1) is 0 Å². The van der Waals surface area contributed by atoms with Crippen LogP contribution in [0.5, 0.6) is 0 Å². The van der Waals surface area contributed by atoms with Gasteiger partial charge in [0, 0.05) is 18.3 Å².